The van der Waals surface area contributed by atoms with Crippen LogP contribution in [0.1, 0.15) is 10.4 Å². The first-order valence-corrected chi connectivity index (χ1v) is 5.99. The fourth-order valence-corrected chi connectivity index (χ4v) is 2.01. The topological polar surface area (TPSA) is 99.6 Å². The second-order valence-electron chi connectivity index (χ2n) is 4.36. The maximum Gasteiger partial charge on any atom is 0.250 e. The molecule has 0 aliphatic carbocycles. The third kappa shape index (κ3) is 2.18. The lowest BCUT2D eigenvalue weighted by atomic mass is 10.1. The van der Waals surface area contributed by atoms with Gasteiger partial charge in [0.05, 0.1) is 11.3 Å². The van der Waals surface area contributed by atoms with E-state index in [-0.39, 0.29) is 6.79 Å². The molecule has 1 heterocycles. The smallest absolute Gasteiger partial charge is 0.250 e. The molecule has 5 N–H and O–H groups in total. The van der Waals surface area contributed by atoms with Crippen LogP contribution < -0.4 is 26.3 Å². The Bertz CT molecular complexity index is 685. The van der Waals surface area contributed by atoms with E-state index in [9.17, 15) is 4.79 Å². The number of benzene rings is 2. The summed E-state index contributed by atoms with van der Waals surface area (Å²) in [7, 11) is 0. The Labute approximate surface area is 115 Å². The number of nitrogen functional groups attached to an aromatic ring is 1. The number of nitrogens with two attached hydrogens (primary N) is 2. The highest BCUT2D eigenvalue weighted by Gasteiger charge is 2.14. The molecule has 1 aliphatic rings. The van der Waals surface area contributed by atoms with Crippen molar-refractivity contribution in [3.8, 4) is 11.5 Å². The minimum atomic E-state index is -0.520. The second kappa shape index (κ2) is 4.65. The van der Waals surface area contributed by atoms with E-state index in [0.717, 1.165) is 5.69 Å². The Hall–Kier alpha value is -2.89. The van der Waals surface area contributed by atoms with Gasteiger partial charge in [-0.25, -0.2) is 0 Å². The fourth-order valence-electron chi connectivity index (χ4n) is 2.01. The summed E-state index contributed by atoms with van der Waals surface area (Å²) >= 11 is 0. The van der Waals surface area contributed by atoms with E-state index in [1.165, 1.54) is 0 Å². The van der Waals surface area contributed by atoms with Gasteiger partial charge in [0.1, 0.15) is 0 Å². The van der Waals surface area contributed by atoms with Crippen LogP contribution in [-0.2, 0) is 0 Å². The average molecular weight is 271 g/mol. The van der Waals surface area contributed by atoms with Crippen LogP contribution in [-0.4, -0.2) is 12.7 Å². The normalized spacial score (nSPS) is 12.2. The summed E-state index contributed by atoms with van der Waals surface area (Å²) in [5, 5.41) is 3.11. The van der Waals surface area contributed by atoms with E-state index in [1.54, 1.807) is 30.3 Å². The summed E-state index contributed by atoms with van der Waals surface area (Å²) in [5.74, 6) is 0.825. The second-order valence-corrected chi connectivity index (χ2v) is 4.36. The molecule has 2 aromatic rings. The van der Waals surface area contributed by atoms with Crippen LogP contribution in [0.15, 0.2) is 36.4 Å². The fraction of sp³-hybridized carbons (Fsp3) is 0.0714. The number of hydrogen-bond acceptors (Lipinski definition) is 5. The van der Waals surface area contributed by atoms with Crippen molar-refractivity contribution in [2.75, 3.05) is 17.8 Å². The maximum absolute atomic E-state index is 11.4. The number of amides is 1. The quantitative estimate of drug-likeness (QED) is 0.740. The van der Waals surface area contributed by atoms with Crippen molar-refractivity contribution < 1.29 is 14.3 Å². The minimum Gasteiger partial charge on any atom is -0.454 e. The van der Waals surface area contributed by atoms with Gasteiger partial charge in [-0.2, -0.15) is 0 Å². The van der Waals surface area contributed by atoms with Crippen molar-refractivity contribution in [1.29, 1.82) is 0 Å². The average Bonchev–Trinajstić information content (AvgIpc) is 2.85. The van der Waals surface area contributed by atoms with Gasteiger partial charge in [0, 0.05) is 17.4 Å². The van der Waals surface area contributed by atoms with Gasteiger partial charge in [-0.1, -0.05) is 0 Å². The van der Waals surface area contributed by atoms with Crippen molar-refractivity contribution in [3.63, 3.8) is 0 Å². The SMILES string of the molecule is NC(=O)c1ccc(N)cc1Nc1ccc2c(c1)OCO2. The molecule has 0 aromatic heterocycles. The maximum atomic E-state index is 11.4. The molecule has 0 unspecified atom stereocenters. The lowest BCUT2D eigenvalue weighted by Crippen LogP contribution is -2.13. The van der Waals surface area contributed by atoms with E-state index in [1.807, 2.05) is 6.07 Å². The molecule has 0 fully saturated rings. The van der Waals surface area contributed by atoms with Gasteiger partial charge < -0.3 is 26.3 Å². The van der Waals surface area contributed by atoms with E-state index < -0.39 is 5.91 Å². The zero-order valence-electron chi connectivity index (χ0n) is 10.6. The van der Waals surface area contributed by atoms with Crippen LogP contribution >= 0.6 is 0 Å². The molecule has 1 amide bonds. The van der Waals surface area contributed by atoms with Crippen LogP contribution in [0.3, 0.4) is 0 Å². The molecule has 0 saturated carbocycles. The minimum absolute atomic E-state index is 0.212. The van der Waals surface area contributed by atoms with Crippen molar-refractivity contribution >= 4 is 23.0 Å². The predicted molar refractivity (Wildman–Crippen MR) is 75.2 cm³/mol. The number of carbonyl (C=O) groups excluding carboxylic acids is 1. The summed E-state index contributed by atoms with van der Waals surface area (Å²) in [4.78, 5) is 11.4. The monoisotopic (exact) mass is 271 g/mol. The standard InChI is InChI=1S/C14H13N3O3/c15-8-1-3-10(14(16)18)11(5-8)17-9-2-4-12-13(6-9)20-7-19-12/h1-6,17H,7,15H2,(H2,16,18). The van der Waals surface area contributed by atoms with E-state index in [0.29, 0.717) is 28.4 Å². The third-order valence-electron chi connectivity index (χ3n) is 2.96. The van der Waals surface area contributed by atoms with Gasteiger partial charge in [-0.3, -0.25) is 4.79 Å². The Morgan fingerprint density at radius 2 is 1.90 bits per heavy atom. The number of nitrogens with one attached hydrogen (secondary N) is 1. The van der Waals surface area contributed by atoms with Crippen LogP contribution in [0.5, 0.6) is 11.5 Å². The Balaban J connectivity index is 1.95. The molecule has 6 nitrogen and oxygen atoms in total. The molecule has 0 bridgehead atoms. The summed E-state index contributed by atoms with van der Waals surface area (Å²) in [6.45, 7) is 0.212. The molecule has 1 aliphatic heterocycles. The lowest BCUT2D eigenvalue weighted by molar-refractivity contribution is 0.100. The summed E-state index contributed by atoms with van der Waals surface area (Å²) in [5.41, 5.74) is 13.3. The van der Waals surface area contributed by atoms with E-state index in [4.69, 9.17) is 20.9 Å². The lowest BCUT2D eigenvalue weighted by Gasteiger charge is -2.11. The zero-order chi connectivity index (χ0) is 14.1. The molecule has 3 rings (SSSR count). The Kier molecular flexibility index (Phi) is 2.83. The Morgan fingerprint density at radius 1 is 1.10 bits per heavy atom. The Morgan fingerprint density at radius 3 is 2.70 bits per heavy atom. The molecule has 102 valence electrons. The summed E-state index contributed by atoms with van der Waals surface area (Å²) in [6.07, 6.45) is 0. The van der Waals surface area contributed by atoms with Crippen LogP contribution in [0.4, 0.5) is 17.1 Å². The number of primary amides is 1. The molecule has 6 heteroatoms. The number of fused-ring (bicyclic) bond motifs is 1. The van der Waals surface area contributed by atoms with Gasteiger partial charge in [0.15, 0.2) is 11.5 Å². The van der Waals surface area contributed by atoms with Gasteiger partial charge in [0.25, 0.3) is 5.91 Å². The van der Waals surface area contributed by atoms with Crippen LogP contribution in [0.2, 0.25) is 0 Å². The number of hydrogen-bond donors (Lipinski definition) is 3. The third-order valence-corrected chi connectivity index (χ3v) is 2.96. The summed E-state index contributed by atoms with van der Waals surface area (Å²) < 4.78 is 10.5. The van der Waals surface area contributed by atoms with Gasteiger partial charge in [-0.05, 0) is 30.3 Å². The van der Waals surface area contributed by atoms with Crippen LogP contribution in [0, 0.1) is 0 Å². The van der Waals surface area contributed by atoms with Gasteiger partial charge in [0.2, 0.25) is 6.79 Å². The first kappa shape index (κ1) is 12.2. The molecule has 0 radical (unpaired) electrons. The molecule has 0 atom stereocenters. The summed E-state index contributed by atoms with van der Waals surface area (Å²) in [6, 6.07) is 10.3. The van der Waals surface area contributed by atoms with E-state index >= 15 is 0 Å². The first-order valence-electron chi connectivity index (χ1n) is 5.99. The number of rotatable bonds is 3. The molecule has 20 heavy (non-hydrogen) atoms. The number of ether oxygens (including phenoxy) is 2. The molecule has 2 aromatic carbocycles. The molecular formula is C14H13N3O3. The van der Waals surface area contributed by atoms with Crippen molar-refractivity contribution in [3.05, 3.63) is 42.0 Å². The van der Waals surface area contributed by atoms with Gasteiger partial charge >= 0.3 is 0 Å². The van der Waals surface area contributed by atoms with E-state index in [2.05, 4.69) is 5.32 Å². The zero-order valence-corrected chi connectivity index (χ0v) is 10.6. The highest BCUT2D eigenvalue weighted by molar-refractivity contribution is 5.99. The van der Waals surface area contributed by atoms with Crippen LogP contribution in [0.25, 0.3) is 0 Å². The highest BCUT2D eigenvalue weighted by atomic mass is 16.7. The number of carbonyl (C=O) groups is 1. The largest absolute Gasteiger partial charge is 0.454 e. The molecular weight excluding hydrogens is 258 g/mol. The van der Waals surface area contributed by atoms with Crippen molar-refractivity contribution in [2.45, 2.75) is 0 Å². The highest BCUT2D eigenvalue weighted by Crippen LogP contribution is 2.35. The predicted octanol–water partition coefficient (Wildman–Crippen LogP) is 1.84. The van der Waals surface area contributed by atoms with Crippen molar-refractivity contribution in [2.24, 2.45) is 5.73 Å². The van der Waals surface area contributed by atoms with Gasteiger partial charge in [-0.15, -0.1) is 0 Å². The molecule has 0 spiro atoms. The number of anilines is 3. The van der Waals surface area contributed by atoms with Crippen molar-refractivity contribution in [1.82, 2.24) is 0 Å². The molecule has 0 saturated heterocycles. The first-order chi connectivity index (χ1) is 9.63.